The number of hydrogen-bond acceptors (Lipinski definition) is 2. The summed E-state index contributed by atoms with van der Waals surface area (Å²) in [6.45, 7) is 0. The first-order chi connectivity index (χ1) is 5.40. The van der Waals surface area contributed by atoms with Gasteiger partial charge in [0.15, 0.2) is 0 Å². The molecule has 2 rings (SSSR count). The monoisotopic (exact) mass is 152 g/mol. The molecule has 1 N–H and O–H groups in total. The van der Waals surface area contributed by atoms with E-state index in [1.807, 2.05) is 0 Å². The lowest BCUT2D eigenvalue weighted by Gasteiger charge is -2.06. The van der Waals surface area contributed by atoms with Crippen molar-refractivity contribution in [1.82, 2.24) is 9.97 Å². The zero-order valence-corrected chi connectivity index (χ0v) is 6.68. The van der Waals surface area contributed by atoms with E-state index in [9.17, 15) is 0 Å². The van der Waals surface area contributed by atoms with Gasteiger partial charge in [-0.3, -0.25) is 0 Å². The number of nitrogens with zero attached hydrogens (tertiary/aromatic N) is 1. The second-order valence-corrected chi connectivity index (χ2v) is 2.88. The maximum absolute atomic E-state index is 5.00. The van der Waals surface area contributed by atoms with E-state index >= 15 is 0 Å². The van der Waals surface area contributed by atoms with Crippen LogP contribution in [-0.4, -0.2) is 17.1 Å². The van der Waals surface area contributed by atoms with Crippen molar-refractivity contribution in [1.29, 1.82) is 0 Å². The van der Waals surface area contributed by atoms with Crippen molar-refractivity contribution in [2.24, 2.45) is 0 Å². The summed E-state index contributed by atoms with van der Waals surface area (Å²) in [7, 11) is 1.64. The minimum atomic E-state index is 0.664. The number of aromatic nitrogens is 2. The molecule has 0 aromatic carbocycles. The molecule has 1 aromatic heterocycles. The first-order valence-corrected chi connectivity index (χ1v) is 4.02. The molecule has 0 spiro atoms. The third-order valence-corrected chi connectivity index (χ3v) is 2.13. The van der Waals surface area contributed by atoms with Crippen LogP contribution in [0.25, 0.3) is 0 Å². The van der Waals surface area contributed by atoms with Gasteiger partial charge in [0.25, 0.3) is 6.01 Å². The molecule has 0 amide bonds. The van der Waals surface area contributed by atoms with Crippen molar-refractivity contribution >= 4 is 0 Å². The molecule has 0 radical (unpaired) electrons. The summed E-state index contributed by atoms with van der Waals surface area (Å²) in [5, 5.41) is 0. The van der Waals surface area contributed by atoms with Gasteiger partial charge in [0.05, 0.1) is 12.8 Å². The van der Waals surface area contributed by atoms with Gasteiger partial charge < -0.3 is 9.72 Å². The Kier molecular flexibility index (Phi) is 1.56. The van der Waals surface area contributed by atoms with E-state index in [1.165, 1.54) is 24.2 Å². The van der Waals surface area contributed by atoms with Crippen LogP contribution in [0, 0.1) is 0 Å². The van der Waals surface area contributed by atoms with E-state index in [0.717, 1.165) is 12.8 Å². The number of aromatic amines is 1. The molecular formula is C8H12N2O. The van der Waals surface area contributed by atoms with Crippen LogP contribution in [0.4, 0.5) is 0 Å². The summed E-state index contributed by atoms with van der Waals surface area (Å²) >= 11 is 0. The maximum Gasteiger partial charge on any atom is 0.293 e. The fourth-order valence-corrected chi connectivity index (χ4v) is 1.52. The van der Waals surface area contributed by atoms with Gasteiger partial charge in [-0.2, -0.15) is 0 Å². The molecule has 1 aliphatic rings. The van der Waals surface area contributed by atoms with E-state index < -0.39 is 0 Å². The molecule has 3 heteroatoms. The Morgan fingerprint density at radius 2 is 2.18 bits per heavy atom. The Morgan fingerprint density at radius 3 is 2.91 bits per heavy atom. The summed E-state index contributed by atoms with van der Waals surface area (Å²) in [4.78, 5) is 7.44. The molecule has 0 unspecified atom stereocenters. The highest BCUT2D eigenvalue weighted by atomic mass is 16.5. The summed E-state index contributed by atoms with van der Waals surface area (Å²) in [6, 6.07) is 0.664. The van der Waals surface area contributed by atoms with Crippen LogP contribution in [0.1, 0.15) is 24.2 Å². The van der Waals surface area contributed by atoms with Gasteiger partial charge >= 0.3 is 0 Å². The van der Waals surface area contributed by atoms with Crippen molar-refractivity contribution < 1.29 is 4.74 Å². The van der Waals surface area contributed by atoms with Gasteiger partial charge in [-0.1, -0.05) is 0 Å². The Morgan fingerprint density at radius 1 is 1.36 bits per heavy atom. The average molecular weight is 152 g/mol. The molecule has 60 valence electrons. The summed E-state index contributed by atoms with van der Waals surface area (Å²) in [5.41, 5.74) is 2.47. The second kappa shape index (κ2) is 2.57. The number of ether oxygens (including phenoxy) is 1. The second-order valence-electron chi connectivity index (χ2n) is 2.88. The Balaban J connectivity index is 2.32. The van der Waals surface area contributed by atoms with E-state index in [0.29, 0.717) is 6.01 Å². The lowest BCUT2D eigenvalue weighted by atomic mass is 10.0. The predicted molar refractivity (Wildman–Crippen MR) is 41.8 cm³/mol. The highest BCUT2D eigenvalue weighted by Crippen LogP contribution is 2.20. The number of fused-ring (bicyclic) bond motifs is 1. The van der Waals surface area contributed by atoms with E-state index in [-0.39, 0.29) is 0 Å². The van der Waals surface area contributed by atoms with Crippen molar-refractivity contribution in [2.45, 2.75) is 25.7 Å². The van der Waals surface area contributed by atoms with E-state index in [2.05, 4.69) is 9.97 Å². The Bertz CT molecular complexity index is 231. The highest BCUT2D eigenvalue weighted by molar-refractivity contribution is 5.19. The third-order valence-electron chi connectivity index (χ3n) is 2.13. The molecule has 0 saturated heterocycles. The fraction of sp³-hybridized carbons (Fsp3) is 0.625. The third kappa shape index (κ3) is 1.11. The van der Waals surface area contributed by atoms with Crippen LogP contribution in [0.2, 0.25) is 0 Å². The van der Waals surface area contributed by atoms with Crippen molar-refractivity contribution in [3.05, 3.63) is 11.4 Å². The summed E-state index contributed by atoms with van der Waals surface area (Å²) in [5.74, 6) is 0. The lowest BCUT2D eigenvalue weighted by Crippen LogP contribution is -2.00. The van der Waals surface area contributed by atoms with E-state index in [4.69, 9.17) is 4.74 Å². The van der Waals surface area contributed by atoms with Gasteiger partial charge in [-0.15, -0.1) is 0 Å². The Labute approximate surface area is 65.8 Å². The molecule has 0 aliphatic heterocycles. The molecule has 0 bridgehead atoms. The van der Waals surface area contributed by atoms with Crippen LogP contribution >= 0.6 is 0 Å². The first kappa shape index (κ1) is 6.70. The van der Waals surface area contributed by atoms with Crippen LogP contribution in [0.5, 0.6) is 6.01 Å². The van der Waals surface area contributed by atoms with Gasteiger partial charge in [-0.05, 0) is 25.7 Å². The number of nitrogens with one attached hydrogen (secondary N) is 1. The van der Waals surface area contributed by atoms with Gasteiger partial charge in [-0.25, -0.2) is 4.98 Å². The van der Waals surface area contributed by atoms with Crippen LogP contribution in [-0.2, 0) is 12.8 Å². The maximum atomic E-state index is 5.00. The summed E-state index contributed by atoms with van der Waals surface area (Å²) < 4.78 is 5.00. The normalized spacial score (nSPS) is 16.1. The minimum absolute atomic E-state index is 0.664. The molecular weight excluding hydrogens is 140 g/mol. The van der Waals surface area contributed by atoms with Crippen molar-refractivity contribution in [3.8, 4) is 6.01 Å². The fourth-order valence-electron chi connectivity index (χ4n) is 1.52. The van der Waals surface area contributed by atoms with Crippen molar-refractivity contribution in [2.75, 3.05) is 7.11 Å². The predicted octanol–water partition coefficient (Wildman–Crippen LogP) is 1.30. The number of methoxy groups -OCH3 is 1. The molecule has 0 fully saturated rings. The van der Waals surface area contributed by atoms with Gasteiger partial charge in [0, 0.05) is 5.69 Å². The van der Waals surface area contributed by atoms with Crippen LogP contribution < -0.4 is 4.74 Å². The zero-order valence-electron chi connectivity index (χ0n) is 6.68. The molecule has 0 saturated carbocycles. The zero-order chi connectivity index (χ0) is 7.68. The minimum Gasteiger partial charge on any atom is -0.468 e. The Hall–Kier alpha value is -0.990. The highest BCUT2D eigenvalue weighted by Gasteiger charge is 2.13. The molecule has 3 nitrogen and oxygen atoms in total. The number of aryl methyl sites for hydroxylation is 2. The van der Waals surface area contributed by atoms with Crippen LogP contribution in [0.3, 0.4) is 0 Å². The average Bonchev–Trinajstić information content (AvgIpc) is 2.46. The quantitative estimate of drug-likeness (QED) is 0.658. The van der Waals surface area contributed by atoms with Gasteiger partial charge in [0.1, 0.15) is 0 Å². The topological polar surface area (TPSA) is 37.9 Å². The smallest absolute Gasteiger partial charge is 0.293 e. The van der Waals surface area contributed by atoms with Gasteiger partial charge in [0.2, 0.25) is 0 Å². The number of H-pyrrole nitrogens is 1. The van der Waals surface area contributed by atoms with Crippen molar-refractivity contribution in [3.63, 3.8) is 0 Å². The summed E-state index contributed by atoms with van der Waals surface area (Å²) in [6.07, 6.45) is 4.78. The SMILES string of the molecule is COc1nc2c([nH]1)CCCC2. The first-order valence-electron chi connectivity index (χ1n) is 4.02. The number of rotatable bonds is 1. The number of hydrogen-bond donors (Lipinski definition) is 1. The molecule has 0 atom stereocenters. The molecule has 11 heavy (non-hydrogen) atoms. The molecule has 1 aromatic rings. The number of imidazole rings is 1. The molecule has 1 heterocycles. The standard InChI is InChI=1S/C8H12N2O/c1-11-8-9-6-4-2-3-5-7(6)10-8/h2-5H2,1H3,(H,9,10). The largest absolute Gasteiger partial charge is 0.468 e. The lowest BCUT2D eigenvalue weighted by molar-refractivity contribution is 0.383. The van der Waals surface area contributed by atoms with E-state index in [1.54, 1.807) is 7.11 Å². The molecule has 1 aliphatic carbocycles. The van der Waals surface area contributed by atoms with Crippen LogP contribution in [0.15, 0.2) is 0 Å².